The van der Waals surface area contributed by atoms with Gasteiger partial charge in [-0.1, -0.05) is 18.3 Å². The van der Waals surface area contributed by atoms with Crippen LogP contribution in [-0.4, -0.2) is 36.7 Å². The van der Waals surface area contributed by atoms with Gasteiger partial charge >= 0.3 is 0 Å². The maximum atomic E-state index is 12.0. The number of nitrogens with two attached hydrogens (primary N) is 1. The van der Waals surface area contributed by atoms with E-state index in [4.69, 9.17) is 10.5 Å². The number of nitrogens with zero attached hydrogens (tertiary/aromatic N) is 1. The van der Waals surface area contributed by atoms with Crippen molar-refractivity contribution in [2.45, 2.75) is 32.8 Å². The van der Waals surface area contributed by atoms with E-state index in [0.29, 0.717) is 16.6 Å². The maximum Gasteiger partial charge on any atom is 0.265 e. The SMILES string of the molecule is CCCNc1nc(N)c(C(=O)NCC(C)(C)OC)s1. The van der Waals surface area contributed by atoms with Gasteiger partial charge in [-0.25, -0.2) is 4.98 Å². The van der Waals surface area contributed by atoms with Crippen LogP contribution in [0.3, 0.4) is 0 Å². The topological polar surface area (TPSA) is 89.3 Å². The van der Waals surface area contributed by atoms with Crippen LogP contribution in [0.4, 0.5) is 10.9 Å². The molecular weight excluding hydrogens is 264 g/mol. The summed E-state index contributed by atoms with van der Waals surface area (Å²) in [6, 6.07) is 0. The van der Waals surface area contributed by atoms with Crippen LogP contribution in [0.15, 0.2) is 0 Å². The lowest BCUT2D eigenvalue weighted by Gasteiger charge is -2.22. The number of nitrogens with one attached hydrogen (secondary N) is 2. The van der Waals surface area contributed by atoms with Gasteiger partial charge in [-0.15, -0.1) is 0 Å². The van der Waals surface area contributed by atoms with Gasteiger partial charge in [0.15, 0.2) is 5.13 Å². The third kappa shape index (κ3) is 4.68. The molecule has 0 radical (unpaired) electrons. The molecule has 0 spiro atoms. The van der Waals surface area contributed by atoms with E-state index in [1.165, 1.54) is 11.3 Å². The van der Waals surface area contributed by atoms with Crippen molar-refractivity contribution in [1.29, 1.82) is 0 Å². The zero-order chi connectivity index (χ0) is 14.5. The Kier molecular flexibility index (Phi) is 5.56. The highest BCUT2D eigenvalue weighted by atomic mass is 32.1. The molecule has 1 rings (SSSR count). The predicted molar refractivity (Wildman–Crippen MR) is 78.7 cm³/mol. The van der Waals surface area contributed by atoms with E-state index in [-0.39, 0.29) is 11.7 Å². The number of nitrogen functional groups attached to an aromatic ring is 1. The van der Waals surface area contributed by atoms with Crippen molar-refractivity contribution in [3.63, 3.8) is 0 Å². The molecule has 1 heterocycles. The molecular formula is C12H22N4O2S. The number of hydrogen-bond donors (Lipinski definition) is 3. The average Bonchev–Trinajstić information content (AvgIpc) is 2.75. The van der Waals surface area contributed by atoms with Crippen molar-refractivity contribution in [2.24, 2.45) is 0 Å². The number of hydrogen-bond acceptors (Lipinski definition) is 6. The predicted octanol–water partition coefficient (Wildman–Crippen LogP) is 1.70. The third-order valence-corrected chi connectivity index (χ3v) is 3.64. The molecule has 7 heteroatoms. The molecule has 1 amide bonds. The van der Waals surface area contributed by atoms with Crippen molar-refractivity contribution in [2.75, 3.05) is 31.2 Å². The van der Waals surface area contributed by atoms with Gasteiger partial charge in [-0.05, 0) is 20.3 Å². The lowest BCUT2D eigenvalue weighted by molar-refractivity contribution is 0.0229. The third-order valence-electron chi connectivity index (χ3n) is 2.61. The number of amides is 1. The molecule has 19 heavy (non-hydrogen) atoms. The molecule has 0 atom stereocenters. The maximum absolute atomic E-state index is 12.0. The zero-order valence-electron chi connectivity index (χ0n) is 11.9. The van der Waals surface area contributed by atoms with Gasteiger partial charge < -0.3 is 21.1 Å². The lowest BCUT2D eigenvalue weighted by atomic mass is 10.1. The van der Waals surface area contributed by atoms with Crippen LogP contribution < -0.4 is 16.4 Å². The van der Waals surface area contributed by atoms with Gasteiger partial charge in [0.25, 0.3) is 5.91 Å². The molecule has 1 aromatic rings. The van der Waals surface area contributed by atoms with Crippen LogP contribution in [0, 0.1) is 0 Å². The fourth-order valence-electron chi connectivity index (χ4n) is 1.25. The highest BCUT2D eigenvalue weighted by Gasteiger charge is 2.21. The number of carbonyl (C=O) groups is 1. The van der Waals surface area contributed by atoms with Gasteiger partial charge in [0.2, 0.25) is 0 Å². The Morgan fingerprint density at radius 1 is 1.53 bits per heavy atom. The van der Waals surface area contributed by atoms with Crippen LogP contribution in [0.2, 0.25) is 0 Å². The molecule has 0 saturated heterocycles. The molecule has 0 aliphatic rings. The van der Waals surface area contributed by atoms with E-state index in [9.17, 15) is 4.79 Å². The minimum absolute atomic E-state index is 0.218. The lowest BCUT2D eigenvalue weighted by Crippen LogP contribution is -2.39. The molecule has 0 aromatic carbocycles. The summed E-state index contributed by atoms with van der Waals surface area (Å²) in [6.07, 6.45) is 0.989. The number of aromatic nitrogens is 1. The second kappa shape index (κ2) is 6.72. The van der Waals surface area contributed by atoms with Gasteiger partial charge in [-0.2, -0.15) is 0 Å². The van der Waals surface area contributed by atoms with Crippen molar-refractivity contribution < 1.29 is 9.53 Å². The Morgan fingerprint density at radius 3 is 2.79 bits per heavy atom. The van der Waals surface area contributed by atoms with E-state index < -0.39 is 5.60 Å². The normalized spacial score (nSPS) is 11.4. The minimum Gasteiger partial charge on any atom is -0.382 e. The Bertz CT molecular complexity index is 431. The highest BCUT2D eigenvalue weighted by Crippen LogP contribution is 2.24. The largest absolute Gasteiger partial charge is 0.382 e. The van der Waals surface area contributed by atoms with Gasteiger partial charge in [-0.3, -0.25) is 4.79 Å². The molecule has 0 fully saturated rings. The standard InChI is InChI=1S/C12H22N4O2S/c1-5-6-14-11-16-9(13)8(19-11)10(17)15-7-12(2,3)18-4/h5-7,13H2,1-4H3,(H,14,16)(H,15,17). The van der Waals surface area contributed by atoms with E-state index in [1.54, 1.807) is 7.11 Å². The molecule has 4 N–H and O–H groups in total. The summed E-state index contributed by atoms with van der Waals surface area (Å²) in [7, 11) is 1.61. The Labute approximate surface area is 117 Å². The van der Waals surface area contributed by atoms with Crippen LogP contribution >= 0.6 is 11.3 Å². The first-order valence-electron chi connectivity index (χ1n) is 6.23. The number of ether oxygens (including phenoxy) is 1. The molecule has 0 bridgehead atoms. The van der Waals surface area contributed by atoms with Gasteiger partial charge in [0.05, 0.1) is 5.60 Å². The van der Waals surface area contributed by atoms with E-state index in [2.05, 4.69) is 22.5 Å². The Morgan fingerprint density at radius 2 is 2.21 bits per heavy atom. The van der Waals surface area contributed by atoms with E-state index in [0.717, 1.165) is 13.0 Å². The fraction of sp³-hybridized carbons (Fsp3) is 0.667. The molecule has 1 aromatic heterocycles. The van der Waals surface area contributed by atoms with Gasteiger partial charge in [0, 0.05) is 20.2 Å². The second-order valence-electron chi connectivity index (χ2n) is 4.81. The van der Waals surface area contributed by atoms with Crippen LogP contribution in [0.1, 0.15) is 36.9 Å². The summed E-state index contributed by atoms with van der Waals surface area (Å²) in [5, 5.41) is 6.59. The summed E-state index contributed by atoms with van der Waals surface area (Å²) >= 11 is 1.27. The van der Waals surface area contributed by atoms with Crippen molar-refractivity contribution in [1.82, 2.24) is 10.3 Å². The average molecular weight is 286 g/mol. The molecule has 0 saturated carbocycles. The van der Waals surface area contributed by atoms with Crippen LogP contribution in [0.5, 0.6) is 0 Å². The first-order chi connectivity index (χ1) is 8.89. The first kappa shape index (κ1) is 15.7. The second-order valence-corrected chi connectivity index (χ2v) is 5.81. The van der Waals surface area contributed by atoms with Crippen molar-refractivity contribution in [3.05, 3.63) is 4.88 Å². The smallest absolute Gasteiger partial charge is 0.265 e. The number of anilines is 2. The highest BCUT2D eigenvalue weighted by molar-refractivity contribution is 7.18. The Hall–Kier alpha value is -1.34. The van der Waals surface area contributed by atoms with Gasteiger partial charge in [0.1, 0.15) is 10.7 Å². The molecule has 6 nitrogen and oxygen atoms in total. The number of methoxy groups -OCH3 is 1. The monoisotopic (exact) mass is 286 g/mol. The van der Waals surface area contributed by atoms with Crippen molar-refractivity contribution >= 4 is 28.2 Å². The fourth-order valence-corrected chi connectivity index (χ4v) is 2.07. The summed E-state index contributed by atoms with van der Waals surface area (Å²) in [6.45, 7) is 7.08. The van der Waals surface area contributed by atoms with Crippen molar-refractivity contribution in [3.8, 4) is 0 Å². The first-order valence-corrected chi connectivity index (χ1v) is 7.04. The zero-order valence-corrected chi connectivity index (χ0v) is 12.7. The molecule has 108 valence electrons. The number of thiazole rings is 1. The Balaban J connectivity index is 2.64. The summed E-state index contributed by atoms with van der Waals surface area (Å²) in [4.78, 5) is 16.6. The number of rotatable bonds is 7. The minimum atomic E-state index is -0.404. The molecule has 0 aliphatic carbocycles. The van der Waals surface area contributed by atoms with Crippen LogP contribution in [-0.2, 0) is 4.74 Å². The molecule has 0 aliphatic heterocycles. The summed E-state index contributed by atoms with van der Waals surface area (Å²) in [5.74, 6) is 0.0426. The summed E-state index contributed by atoms with van der Waals surface area (Å²) < 4.78 is 5.24. The number of carbonyl (C=O) groups excluding carboxylic acids is 1. The quantitative estimate of drug-likeness (QED) is 0.710. The van der Waals surface area contributed by atoms with Crippen LogP contribution in [0.25, 0.3) is 0 Å². The van der Waals surface area contributed by atoms with E-state index in [1.807, 2.05) is 13.8 Å². The van der Waals surface area contributed by atoms with E-state index >= 15 is 0 Å². The molecule has 0 unspecified atom stereocenters. The summed E-state index contributed by atoms with van der Waals surface area (Å²) in [5.41, 5.74) is 5.35.